The van der Waals surface area contributed by atoms with Crippen molar-refractivity contribution in [2.75, 3.05) is 11.1 Å². The lowest BCUT2D eigenvalue weighted by Crippen LogP contribution is -2.15. The van der Waals surface area contributed by atoms with Gasteiger partial charge in [-0.2, -0.15) is 10.4 Å². The van der Waals surface area contributed by atoms with Gasteiger partial charge in [0.1, 0.15) is 11.8 Å². The molecule has 1 aromatic carbocycles. The van der Waals surface area contributed by atoms with Crippen LogP contribution in [-0.4, -0.2) is 16.1 Å². The number of hydrogen-bond acceptors (Lipinski definition) is 4. The lowest BCUT2D eigenvalue weighted by molar-refractivity contribution is 0.102. The van der Waals surface area contributed by atoms with Crippen LogP contribution in [0.2, 0.25) is 5.02 Å². The zero-order chi connectivity index (χ0) is 13.1. The number of rotatable bonds is 2. The van der Waals surface area contributed by atoms with Crippen molar-refractivity contribution in [3.05, 3.63) is 40.7 Å². The summed E-state index contributed by atoms with van der Waals surface area (Å²) in [5.41, 5.74) is 6.55. The van der Waals surface area contributed by atoms with Crippen LogP contribution < -0.4 is 11.1 Å². The highest BCUT2D eigenvalue weighted by atomic mass is 35.5. The zero-order valence-corrected chi connectivity index (χ0v) is 9.82. The second kappa shape index (κ2) is 4.77. The van der Waals surface area contributed by atoms with E-state index in [1.165, 1.54) is 18.3 Å². The zero-order valence-electron chi connectivity index (χ0n) is 9.07. The van der Waals surface area contributed by atoms with E-state index in [4.69, 9.17) is 22.6 Å². The van der Waals surface area contributed by atoms with Gasteiger partial charge < -0.3 is 11.1 Å². The summed E-state index contributed by atoms with van der Waals surface area (Å²) in [4.78, 5) is 11.9. The van der Waals surface area contributed by atoms with Crippen molar-refractivity contribution in [3.63, 3.8) is 0 Å². The van der Waals surface area contributed by atoms with Gasteiger partial charge in [0.15, 0.2) is 0 Å². The van der Waals surface area contributed by atoms with Gasteiger partial charge >= 0.3 is 0 Å². The van der Waals surface area contributed by atoms with Crippen molar-refractivity contribution < 1.29 is 4.79 Å². The molecule has 0 unspecified atom stereocenters. The van der Waals surface area contributed by atoms with Gasteiger partial charge in [-0.25, -0.2) is 0 Å². The lowest BCUT2D eigenvalue weighted by atomic mass is 10.2. The van der Waals surface area contributed by atoms with E-state index in [9.17, 15) is 4.79 Å². The summed E-state index contributed by atoms with van der Waals surface area (Å²) in [6, 6.07) is 6.54. The number of aromatic amines is 1. The molecule has 0 aliphatic carbocycles. The van der Waals surface area contributed by atoms with E-state index < -0.39 is 5.91 Å². The summed E-state index contributed by atoms with van der Waals surface area (Å²) in [7, 11) is 0. The number of carbonyl (C=O) groups is 1. The molecule has 90 valence electrons. The molecule has 1 heterocycles. The van der Waals surface area contributed by atoms with Gasteiger partial charge in [-0.3, -0.25) is 9.89 Å². The number of nitrogens with one attached hydrogen (secondary N) is 2. The normalized spacial score (nSPS) is 9.78. The largest absolute Gasteiger partial charge is 0.396 e. The summed E-state index contributed by atoms with van der Waals surface area (Å²) in [6.45, 7) is 0. The average Bonchev–Trinajstić information content (AvgIpc) is 2.76. The summed E-state index contributed by atoms with van der Waals surface area (Å²) in [5, 5.41) is 18.0. The Morgan fingerprint density at radius 2 is 2.33 bits per heavy atom. The number of amides is 1. The molecule has 0 spiro atoms. The Morgan fingerprint density at radius 1 is 1.56 bits per heavy atom. The summed E-state index contributed by atoms with van der Waals surface area (Å²) in [6.07, 6.45) is 1.33. The first kappa shape index (κ1) is 12.0. The number of nitrogens with zero attached hydrogens (tertiary/aromatic N) is 2. The topological polar surface area (TPSA) is 108 Å². The predicted molar refractivity (Wildman–Crippen MR) is 67.1 cm³/mol. The number of anilines is 2. The fourth-order valence-electron chi connectivity index (χ4n) is 1.38. The van der Waals surface area contributed by atoms with Crippen LogP contribution in [0.1, 0.15) is 16.1 Å². The SMILES string of the molecule is N#Cc1ccc(Cl)cc1NC(=O)c1[nH]ncc1N. The average molecular weight is 262 g/mol. The number of nitrogens with two attached hydrogens (primary N) is 1. The second-order valence-electron chi connectivity index (χ2n) is 3.46. The van der Waals surface area contributed by atoms with E-state index in [-0.39, 0.29) is 11.4 Å². The Hall–Kier alpha value is -2.52. The van der Waals surface area contributed by atoms with E-state index >= 15 is 0 Å². The molecule has 0 atom stereocenters. The number of aromatic nitrogens is 2. The van der Waals surface area contributed by atoms with E-state index in [1.807, 2.05) is 6.07 Å². The molecule has 0 saturated carbocycles. The predicted octanol–water partition coefficient (Wildman–Crippen LogP) is 1.77. The molecule has 0 fully saturated rings. The standard InChI is InChI=1S/C11H8ClN5O/c12-7-2-1-6(4-13)9(3-7)16-11(18)10-8(14)5-15-17-10/h1-3,5H,14H2,(H,15,17)(H,16,18). The molecule has 0 bridgehead atoms. The maximum Gasteiger partial charge on any atom is 0.275 e. The van der Waals surface area contributed by atoms with Gasteiger partial charge in [-0.15, -0.1) is 0 Å². The van der Waals surface area contributed by atoms with Crippen LogP contribution >= 0.6 is 11.6 Å². The lowest BCUT2D eigenvalue weighted by Gasteiger charge is -2.06. The van der Waals surface area contributed by atoms with Crippen LogP contribution in [-0.2, 0) is 0 Å². The molecule has 0 aliphatic rings. The van der Waals surface area contributed by atoms with Gasteiger partial charge in [0.05, 0.1) is 23.1 Å². The van der Waals surface area contributed by atoms with Crippen molar-refractivity contribution >= 4 is 28.9 Å². The first-order chi connectivity index (χ1) is 8.61. The van der Waals surface area contributed by atoms with E-state index in [0.717, 1.165) is 0 Å². The summed E-state index contributed by atoms with van der Waals surface area (Å²) in [5.74, 6) is -0.483. The highest BCUT2D eigenvalue weighted by Gasteiger charge is 2.13. The molecule has 7 heteroatoms. The monoisotopic (exact) mass is 261 g/mol. The first-order valence-corrected chi connectivity index (χ1v) is 5.29. The second-order valence-corrected chi connectivity index (χ2v) is 3.89. The molecule has 0 saturated heterocycles. The van der Waals surface area contributed by atoms with Crippen LogP contribution in [0.5, 0.6) is 0 Å². The van der Waals surface area contributed by atoms with Crippen LogP contribution in [0, 0.1) is 11.3 Å². The quantitative estimate of drug-likeness (QED) is 0.765. The minimum Gasteiger partial charge on any atom is -0.396 e. The number of H-pyrrole nitrogens is 1. The molecule has 18 heavy (non-hydrogen) atoms. The molecular weight excluding hydrogens is 254 g/mol. The number of hydrogen-bond donors (Lipinski definition) is 3. The molecule has 1 amide bonds. The fraction of sp³-hybridized carbons (Fsp3) is 0. The highest BCUT2D eigenvalue weighted by molar-refractivity contribution is 6.31. The number of halogens is 1. The Kier molecular flexibility index (Phi) is 3.17. The maximum absolute atomic E-state index is 11.9. The van der Waals surface area contributed by atoms with Crippen LogP contribution in [0.25, 0.3) is 0 Å². The van der Waals surface area contributed by atoms with Crippen molar-refractivity contribution in [2.45, 2.75) is 0 Å². The minimum absolute atomic E-state index is 0.138. The van der Waals surface area contributed by atoms with Crippen LogP contribution in [0.3, 0.4) is 0 Å². The summed E-state index contributed by atoms with van der Waals surface area (Å²) < 4.78 is 0. The molecule has 2 rings (SSSR count). The summed E-state index contributed by atoms with van der Waals surface area (Å²) >= 11 is 5.81. The third-order valence-electron chi connectivity index (χ3n) is 2.25. The molecule has 1 aromatic heterocycles. The van der Waals surface area contributed by atoms with Crippen molar-refractivity contribution in [2.24, 2.45) is 0 Å². The van der Waals surface area contributed by atoms with Gasteiger partial charge in [0, 0.05) is 5.02 Å². The van der Waals surface area contributed by atoms with Crippen LogP contribution in [0.15, 0.2) is 24.4 Å². The molecule has 0 radical (unpaired) electrons. The minimum atomic E-state index is -0.483. The fourth-order valence-corrected chi connectivity index (χ4v) is 1.55. The number of carbonyl (C=O) groups excluding carboxylic acids is 1. The third-order valence-corrected chi connectivity index (χ3v) is 2.48. The molecule has 2 aromatic rings. The van der Waals surface area contributed by atoms with E-state index in [1.54, 1.807) is 6.07 Å². The van der Waals surface area contributed by atoms with Gasteiger partial charge in [0.25, 0.3) is 5.91 Å². The van der Waals surface area contributed by atoms with Gasteiger partial charge in [0.2, 0.25) is 0 Å². The van der Waals surface area contributed by atoms with Crippen molar-refractivity contribution in [3.8, 4) is 6.07 Å². The Labute approximate surface area is 107 Å². The molecule has 6 nitrogen and oxygen atoms in total. The first-order valence-electron chi connectivity index (χ1n) is 4.91. The number of nitrogen functional groups attached to an aromatic ring is 1. The molecule has 4 N–H and O–H groups in total. The van der Waals surface area contributed by atoms with Gasteiger partial charge in [-0.1, -0.05) is 11.6 Å². The molecule has 0 aliphatic heterocycles. The van der Waals surface area contributed by atoms with E-state index in [2.05, 4.69) is 15.5 Å². The Morgan fingerprint density at radius 3 is 2.94 bits per heavy atom. The molecular formula is C11H8ClN5O. The Bertz CT molecular complexity index is 643. The van der Waals surface area contributed by atoms with Crippen molar-refractivity contribution in [1.82, 2.24) is 10.2 Å². The van der Waals surface area contributed by atoms with E-state index in [0.29, 0.717) is 16.3 Å². The number of nitriles is 1. The number of benzene rings is 1. The highest BCUT2D eigenvalue weighted by Crippen LogP contribution is 2.21. The maximum atomic E-state index is 11.9. The smallest absolute Gasteiger partial charge is 0.275 e. The third kappa shape index (κ3) is 2.26. The Balaban J connectivity index is 2.30. The van der Waals surface area contributed by atoms with Crippen molar-refractivity contribution in [1.29, 1.82) is 5.26 Å². The van der Waals surface area contributed by atoms with Gasteiger partial charge in [-0.05, 0) is 18.2 Å². The van der Waals surface area contributed by atoms with Crippen LogP contribution in [0.4, 0.5) is 11.4 Å².